The van der Waals surface area contributed by atoms with Gasteiger partial charge < -0.3 is 34.6 Å². The van der Waals surface area contributed by atoms with Crippen LogP contribution in [0.3, 0.4) is 0 Å². The molecule has 0 bridgehead atoms. The van der Waals surface area contributed by atoms with Gasteiger partial charge in [0, 0.05) is 31.2 Å². The van der Waals surface area contributed by atoms with Gasteiger partial charge in [-0.1, -0.05) is 11.2 Å². The van der Waals surface area contributed by atoms with Crippen LogP contribution in [0, 0.1) is 11.7 Å². The molecule has 1 saturated heterocycles. The highest BCUT2D eigenvalue weighted by molar-refractivity contribution is 7.85. The Balaban J connectivity index is 0.000000854. The van der Waals surface area contributed by atoms with Crippen molar-refractivity contribution in [1.82, 2.24) is 9.55 Å². The van der Waals surface area contributed by atoms with Gasteiger partial charge in [0.15, 0.2) is 23.1 Å². The zero-order valence-corrected chi connectivity index (χ0v) is 24.8. The highest BCUT2D eigenvalue weighted by Gasteiger charge is 2.33. The van der Waals surface area contributed by atoms with E-state index in [1.807, 2.05) is 0 Å². The number of oxime groups is 1. The highest BCUT2D eigenvalue weighted by Crippen LogP contribution is 2.37. The molecule has 45 heavy (non-hydrogen) atoms. The lowest BCUT2D eigenvalue weighted by Crippen LogP contribution is -2.26. The molecule has 3 aromatic rings. The summed E-state index contributed by atoms with van der Waals surface area (Å²) in [7, 11) is -2.34. The van der Waals surface area contributed by atoms with Crippen molar-refractivity contribution >= 4 is 38.7 Å². The Labute approximate surface area is 254 Å². The van der Waals surface area contributed by atoms with E-state index in [4.69, 9.17) is 19.9 Å². The maximum Gasteiger partial charge on any atom is 0.387 e. The van der Waals surface area contributed by atoms with Crippen molar-refractivity contribution in [3.8, 4) is 11.5 Å². The Morgan fingerprint density at radius 2 is 1.93 bits per heavy atom. The summed E-state index contributed by atoms with van der Waals surface area (Å²) in [6.45, 7) is -2.35. The standard InChI is InChI=1S/C26H26F3N5O6.CH4O3S/c1-38-21-6-13(2-5-20(21)40-26(28)29)12-39-32-19-11-33(9-14(19)8-30)24-18(27)7-16-22(35)17(25(36)37)10-34(15-3-4-15)23(16)31-24;1-5(2,3)4/h2,5-7,10,14-15,26H,3-4,8-9,11-12,30H2,1H3,(H,36,37);1H3,(H,2,3,4)/b32-19+;. The topological polar surface area (TPSA) is 196 Å². The number of aromatic carboxylic acids is 1. The van der Waals surface area contributed by atoms with E-state index in [0.717, 1.165) is 18.9 Å². The molecule has 2 fully saturated rings. The monoisotopic (exact) mass is 657 g/mol. The quantitative estimate of drug-likeness (QED) is 0.213. The molecule has 244 valence electrons. The molecule has 1 saturated carbocycles. The van der Waals surface area contributed by atoms with E-state index in [2.05, 4.69) is 14.9 Å². The Morgan fingerprint density at radius 1 is 1.24 bits per heavy atom. The molecule has 2 aliphatic rings. The van der Waals surface area contributed by atoms with Gasteiger partial charge >= 0.3 is 12.6 Å². The third kappa shape index (κ3) is 8.40. The number of halogens is 3. The average molecular weight is 658 g/mol. The van der Waals surface area contributed by atoms with Gasteiger partial charge in [0.05, 0.1) is 31.0 Å². The third-order valence-corrected chi connectivity index (χ3v) is 6.82. The van der Waals surface area contributed by atoms with Gasteiger partial charge in [0.25, 0.3) is 10.1 Å². The van der Waals surface area contributed by atoms with Gasteiger partial charge in [0.1, 0.15) is 17.8 Å². The molecule has 4 N–H and O–H groups in total. The number of nitrogens with two attached hydrogens (primary N) is 1. The first kappa shape index (κ1) is 33.5. The van der Waals surface area contributed by atoms with E-state index < -0.39 is 39.5 Å². The largest absolute Gasteiger partial charge is 0.493 e. The van der Waals surface area contributed by atoms with Crippen LogP contribution in [-0.2, 0) is 21.6 Å². The number of hydrogen-bond acceptors (Lipinski definition) is 11. The van der Waals surface area contributed by atoms with Crippen LogP contribution in [0.25, 0.3) is 11.0 Å². The number of carboxylic acids is 1. The van der Waals surface area contributed by atoms with Crippen LogP contribution in [0.2, 0.25) is 0 Å². The number of ether oxygens (including phenoxy) is 2. The maximum atomic E-state index is 15.3. The number of fused-ring (bicyclic) bond motifs is 1. The first-order valence-electron chi connectivity index (χ1n) is 13.4. The van der Waals surface area contributed by atoms with Gasteiger partial charge in [-0.25, -0.2) is 14.2 Å². The van der Waals surface area contributed by atoms with Crippen molar-refractivity contribution in [2.24, 2.45) is 16.8 Å². The van der Waals surface area contributed by atoms with Crippen molar-refractivity contribution in [1.29, 1.82) is 0 Å². The predicted octanol–water partition coefficient (Wildman–Crippen LogP) is 2.65. The Hall–Kier alpha value is -4.42. The zero-order valence-electron chi connectivity index (χ0n) is 24.0. The lowest BCUT2D eigenvalue weighted by Gasteiger charge is -2.19. The number of aromatic nitrogens is 2. The van der Waals surface area contributed by atoms with Crippen molar-refractivity contribution < 1.29 is 50.4 Å². The predicted molar refractivity (Wildman–Crippen MR) is 155 cm³/mol. The van der Waals surface area contributed by atoms with Gasteiger partial charge in [0.2, 0.25) is 5.43 Å². The minimum absolute atomic E-state index is 0.00568. The molecule has 2 aromatic heterocycles. The lowest BCUT2D eigenvalue weighted by molar-refractivity contribution is -0.0512. The molecule has 0 spiro atoms. The number of rotatable bonds is 10. The highest BCUT2D eigenvalue weighted by atomic mass is 32.2. The summed E-state index contributed by atoms with van der Waals surface area (Å²) in [5, 5.41) is 13.5. The molecule has 14 nitrogen and oxygen atoms in total. The Bertz CT molecular complexity index is 1770. The maximum absolute atomic E-state index is 15.3. The van der Waals surface area contributed by atoms with E-state index in [9.17, 15) is 31.9 Å². The number of nitrogens with zero attached hydrogens (tertiary/aromatic N) is 4. The van der Waals surface area contributed by atoms with E-state index in [1.165, 1.54) is 31.5 Å². The van der Waals surface area contributed by atoms with Crippen LogP contribution >= 0.6 is 0 Å². The molecule has 0 radical (unpaired) electrons. The van der Waals surface area contributed by atoms with Crippen LogP contribution in [0.4, 0.5) is 19.0 Å². The number of alkyl halides is 2. The minimum atomic E-state index is -3.67. The number of carboxylic acid groups (broad SMARTS) is 1. The van der Waals surface area contributed by atoms with E-state index in [0.29, 0.717) is 24.1 Å². The van der Waals surface area contributed by atoms with E-state index >= 15 is 4.39 Å². The number of methoxy groups -OCH3 is 1. The molecule has 0 amide bonds. The zero-order chi connectivity index (χ0) is 33.1. The number of pyridine rings is 2. The normalized spacial score (nSPS) is 17.4. The summed E-state index contributed by atoms with van der Waals surface area (Å²) in [5.41, 5.74) is 6.07. The molecule has 1 aliphatic heterocycles. The number of hydrogen-bond donors (Lipinski definition) is 3. The van der Waals surface area contributed by atoms with Gasteiger partial charge in [-0.2, -0.15) is 17.2 Å². The van der Waals surface area contributed by atoms with Crippen LogP contribution < -0.4 is 25.5 Å². The molecule has 1 unspecified atom stereocenters. The van der Waals surface area contributed by atoms with Crippen LogP contribution in [0.1, 0.15) is 34.8 Å². The van der Waals surface area contributed by atoms with E-state index in [-0.39, 0.29) is 60.0 Å². The van der Waals surface area contributed by atoms with Crippen LogP contribution in [0.5, 0.6) is 11.5 Å². The van der Waals surface area contributed by atoms with Crippen molar-refractivity contribution in [3.05, 3.63) is 57.6 Å². The fourth-order valence-corrected chi connectivity index (χ4v) is 4.66. The molecule has 1 aromatic carbocycles. The van der Waals surface area contributed by atoms with Crippen LogP contribution in [0.15, 0.2) is 40.4 Å². The molecule has 1 aliphatic carbocycles. The molecular formula is C27H30F3N5O9S. The Morgan fingerprint density at radius 3 is 2.51 bits per heavy atom. The van der Waals surface area contributed by atoms with Gasteiger partial charge in [-0.05, 0) is 36.6 Å². The summed E-state index contributed by atoms with van der Waals surface area (Å²) in [5.74, 6) is -2.43. The molecular weight excluding hydrogens is 627 g/mol. The minimum Gasteiger partial charge on any atom is -0.493 e. The number of carbonyl (C=O) groups is 1. The van der Waals surface area contributed by atoms with Crippen LogP contribution in [-0.4, -0.2) is 78.9 Å². The second-order valence-corrected chi connectivity index (χ2v) is 11.7. The van der Waals surface area contributed by atoms with Crippen molar-refractivity contribution in [2.75, 3.05) is 37.9 Å². The first-order chi connectivity index (χ1) is 21.2. The fraction of sp³-hybridized carbons (Fsp3) is 0.407. The molecule has 5 rings (SSSR count). The molecule has 18 heteroatoms. The summed E-state index contributed by atoms with van der Waals surface area (Å²) in [6, 6.07) is 5.38. The fourth-order valence-electron chi connectivity index (χ4n) is 4.66. The van der Waals surface area contributed by atoms with Gasteiger partial charge in [-0.15, -0.1) is 0 Å². The summed E-state index contributed by atoms with van der Waals surface area (Å²) in [4.78, 5) is 35.9. The molecule has 3 heterocycles. The number of benzene rings is 1. The smallest absolute Gasteiger partial charge is 0.387 e. The molecule has 1 atom stereocenters. The van der Waals surface area contributed by atoms with E-state index in [1.54, 1.807) is 9.47 Å². The van der Waals surface area contributed by atoms with Gasteiger partial charge in [-0.3, -0.25) is 9.35 Å². The third-order valence-electron chi connectivity index (χ3n) is 6.82. The summed E-state index contributed by atoms with van der Waals surface area (Å²) < 4.78 is 77.4. The summed E-state index contributed by atoms with van der Waals surface area (Å²) >= 11 is 0. The number of anilines is 1. The van der Waals surface area contributed by atoms with Crippen molar-refractivity contribution in [3.63, 3.8) is 0 Å². The second kappa shape index (κ2) is 13.7. The Kier molecular flexibility index (Phi) is 10.2. The summed E-state index contributed by atoms with van der Waals surface area (Å²) in [6.07, 6.45) is 3.58. The lowest BCUT2D eigenvalue weighted by atomic mass is 10.1. The second-order valence-electron chi connectivity index (χ2n) is 10.2. The SMILES string of the molecule is COc1cc(CO/N=C2\CN(c3nc4c(cc3F)c(=O)c(C(=O)O)cn4C3CC3)CC2CN)ccc1OC(F)F.CS(=O)(=O)O. The first-order valence-corrected chi connectivity index (χ1v) is 15.2. The average Bonchev–Trinajstić information content (AvgIpc) is 3.72. The van der Waals surface area contributed by atoms with Crippen molar-refractivity contribution in [2.45, 2.75) is 32.1 Å².